The Labute approximate surface area is 55.9 Å². The molecule has 0 aromatic rings. The molecule has 0 aliphatic rings. The fourth-order valence-corrected chi connectivity index (χ4v) is 0.365. The number of oxime groups is 1. The number of rotatable bonds is 2. The first kappa shape index (κ1) is 8.21. The van der Waals surface area contributed by atoms with Crippen LogP contribution in [0.2, 0.25) is 0 Å². The van der Waals surface area contributed by atoms with Crippen molar-refractivity contribution in [1.82, 2.24) is 0 Å². The van der Waals surface area contributed by atoms with Gasteiger partial charge in [0.1, 0.15) is 0 Å². The molecule has 0 bridgehead atoms. The van der Waals surface area contributed by atoms with Gasteiger partial charge in [0.15, 0.2) is 0 Å². The molecule has 0 aromatic heterocycles. The Morgan fingerprint density at radius 3 is 2.44 bits per heavy atom. The Morgan fingerprint density at radius 1 is 1.56 bits per heavy atom. The molecule has 52 valence electrons. The number of allylic oxidation sites excluding steroid dienone is 2. The van der Waals surface area contributed by atoms with Crippen LogP contribution < -0.4 is 0 Å². The highest BCUT2D eigenvalue weighted by Crippen LogP contribution is 1.93. The van der Waals surface area contributed by atoms with Crippen LogP contribution in [0.4, 0.5) is 0 Å². The van der Waals surface area contributed by atoms with Crippen molar-refractivity contribution < 1.29 is 5.21 Å². The normalized spacial score (nSPS) is 13.6. The summed E-state index contributed by atoms with van der Waals surface area (Å²) < 4.78 is 0. The Hall–Kier alpha value is -0.790. The zero-order valence-electron chi connectivity index (χ0n) is 6.13. The van der Waals surface area contributed by atoms with Gasteiger partial charge in [-0.1, -0.05) is 25.1 Å². The van der Waals surface area contributed by atoms with Gasteiger partial charge < -0.3 is 5.21 Å². The quantitative estimate of drug-likeness (QED) is 0.343. The molecule has 2 nitrogen and oxygen atoms in total. The Morgan fingerprint density at radius 2 is 2.11 bits per heavy atom. The first-order valence-electron chi connectivity index (χ1n) is 3.03. The Kier molecular flexibility index (Phi) is 3.76. The third-order valence-corrected chi connectivity index (χ3v) is 0.880. The lowest BCUT2D eigenvalue weighted by Gasteiger charge is -1.91. The molecule has 0 radical (unpaired) electrons. The summed E-state index contributed by atoms with van der Waals surface area (Å²) in [6.07, 6.45) is 3.78. The lowest BCUT2D eigenvalue weighted by molar-refractivity contribution is 0.319. The fraction of sp³-hybridized carbons (Fsp3) is 0.571. The van der Waals surface area contributed by atoms with Crippen LogP contribution in [0.3, 0.4) is 0 Å². The molecule has 0 rings (SSSR count). The van der Waals surface area contributed by atoms with Crippen molar-refractivity contribution >= 4 is 5.71 Å². The van der Waals surface area contributed by atoms with Gasteiger partial charge in [-0.2, -0.15) is 0 Å². The number of hydrogen-bond acceptors (Lipinski definition) is 2. The maximum absolute atomic E-state index is 8.18. The smallest absolute Gasteiger partial charge is 0.0761 e. The van der Waals surface area contributed by atoms with Crippen molar-refractivity contribution in [2.24, 2.45) is 11.1 Å². The zero-order chi connectivity index (χ0) is 7.28. The van der Waals surface area contributed by atoms with Gasteiger partial charge in [-0.15, -0.1) is 0 Å². The van der Waals surface area contributed by atoms with Crippen LogP contribution in [0.5, 0.6) is 0 Å². The van der Waals surface area contributed by atoms with Crippen LogP contribution >= 0.6 is 0 Å². The second-order valence-corrected chi connectivity index (χ2v) is 2.34. The first-order valence-corrected chi connectivity index (χ1v) is 3.03. The van der Waals surface area contributed by atoms with Crippen LogP contribution in [0.1, 0.15) is 20.8 Å². The van der Waals surface area contributed by atoms with Crippen molar-refractivity contribution in [3.05, 3.63) is 12.2 Å². The molecule has 0 aliphatic heterocycles. The second-order valence-electron chi connectivity index (χ2n) is 2.34. The number of nitrogens with zero attached hydrogens (tertiary/aromatic N) is 1. The largest absolute Gasteiger partial charge is 0.411 e. The van der Waals surface area contributed by atoms with E-state index in [2.05, 4.69) is 19.0 Å². The van der Waals surface area contributed by atoms with E-state index in [9.17, 15) is 0 Å². The molecule has 0 aromatic carbocycles. The van der Waals surface area contributed by atoms with Crippen molar-refractivity contribution in [2.45, 2.75) is 20.8 Å². The van der Waals surface area contributed by atoms with Gasteiger partial charge >= 0.3 is 0 Å². The summed E-state index contributed by atoms with van der Waals surface area (Å²) in [7, 11) is 0. The van der Waals surface area contributed by atoms with E-state index in [1.807, 2.05) is 6.08 Å². The minimum Gasteiger partial charge on any atom is -0.411 e. The van der Waals surface area contributed by atoms with E-state index >= 15 is 0 Å². The van der Waals surface area contributed by atoms with E-state index in [1.54, 1.807) is 13.0 Å². The van der Waals surface area contributed by atoms with E-state index in [0.29, 0.717) is 11.6 Å². The molecule has 9 heavy (non-hydrogen) atoms. The minimum absolute atomic E-state index is 0.515. The average molecular weight is 127 g/mol. The zero-order valence-corrected chi connectivity index (χ0v) is 6.13. The van der Waals surface area contributed by atoms with Crippen LogP contribution in [-0.4, -0.2) is 10.9 Å². The summed E-state index contributed by atoms with van der Waals surface area (Å²) in [6, 6.07) is 0. The molecule has 0 atom stereocenters. The average Bonchev–Trinajstić information content (AvgIpc) is 1.83. The summed E-state index contributed by atoms with van der Waals surface area (Å²) in [5, 5.41) is 11.2. The molecule has 0 spiro atoms. The van der Waals surface area contributed by atoms with Gasteiger partial charge in [0.05, 0.1) is 5.71 Å². The van der Waals surface area contributed by atoms with E-state index < -0.39 is 0 Å². The highest BCUT2D eigenvalue weighted by Gasteiger charge is 1.84. The molecule has 0 saturated carbocycles. The summed E-state index contributed by atoms with van der Waals surface area (Å²) in [5.41, 5.74) is 0.642. The van der Waals surface area contributed by atoms with Gasteiger partial charge in [-0.05, 0) is 18.9 Å². The van der Waals surface area contributed by atoms with Gasteiger partial charge in [-0.3, -0.25) is 0 Å². The molecule has 0 heterocycles. The van der Waals surface area contributed by atoms with Crippen molar-refractivity contribution in [1.29, 1.82) is 0 Å². The monoisotopic (exact) mass is 127 g/mol. The number of hydrogen-bond donors (Lipinski definition) is 1. The first-order chi connectivity index (χ1) is 4.16. The van der Waals surface area contributed by atoms with Crippen LogP contribution in [0, 0.1) is 5.92 Å². The van der Waals surface area contributed by atoms with Crippen LogP contribution in [0.15, 0.2) is 17.3 Å². The van der Waals surface area contributed by atoms with Crippen molar-refractivity contribution in [3.8, 4) is 0 Å². The molecule has 0 unspecified atom stereocenters. The maximum Gasteiger partial charge on any atom is 0.0761 e. The van der Waals surface area contributed by atoms with Gasteiger partial charge in [-0.25, -0.2) is 0 Å². The van der Waals surface area contributed by atoms with E-state index in [0.717, 1.165) is 0 Å². The lowest BCUT2D eigenvalue weighted by atomic mass is 10.2. The summed E-state index contributed by atoms with van der Waals surface area (Å²) in [5.74, 6) is 0.515. The topological polar surface area (TPSA) is 32.6 Å². The molecular formula is C7H13NO. The molecular weight excluding hydrogens is 114 g/mol. The molecule has 0 aliphatic carbocycles. The van der Waals surface area contributed by atoms with Crippen LogP contribution in [-0.2, 0) is 0 Å². The van der Waals surface area contributed by atoms with Gasteiger partial charge in [0.25, 0.3) is 0 Å². The molecule has 0 saturated heterocycles. The molecule has 0 amide bonds. The minimum atomic E-state index is 0.515. The summed E-state index contributed by atoms with van der Waals surface area (Å²) in [4.78, 5) is 0. The van der Waals surface area contributed by atoms with E-state index in [1.165, 1.54) is 0 Å². The molecule has 1 N–H and O–H groups in total. The predicted octanol–water partition coefficient (Wildman–Crippen LogP) is 2.05. The van der Waals surface area contributed by atoms with E-state index in [-0.39, 0.29) is 0 Å². The highest BCUT2D eigenvalue weighted by atomic mass is 16.4. The third-order valence-electron chi connectivity index (χ3n) is 0.880. The predicted molar refractivity (Wildman–Crippen MR) is 38.9 cm³/mol. The Balaban J connectivity index is 3.71. The maximum atomic E-state index is 8.18. The van der Waals surface area contributed by atoms with Crippen LogP contribution in [0.25, 0.3) is 0 Å². The van der Waals surface area contributed by atoms with Crippen molar-refractivity contribution in [3.63, 3.8) is 0 Å². The fourth-order valence-electron chi connectivity index (χ4n) is 0.365. The Bertz CT molecular complexity index is 125. The standard InChI is InChI=1S/C7H13NO/c1-6(2)4-5-7(3)8-9/h4-6,9H,1-3H3/b5-4-,8-7-. The van der Waals surface area contributed by atoms with E-state index in [4.69, 9.17) is 5.21 Å². The van der Waals surface area contributed by atoms with Crippen molar-refractivity contribution in [2.75, 3.05) is 0 Å². The summed E-state index contributed by atoms with van der Waals surface area (Å²) >= 11 is 0. The second kappa shape index (κ2) is 4.13. The molecule has 2 heteroatoms. The highest BCUT2D eigenvalue weighted by molar-refractivity contribution is 5.92. The SMILES string of the molecule is CC(/C=C\C(C)C)=N/O. The molecule has 0 fully saturated rings. The third kappa shape index (κ3) is 5.07. The summed E-state index contributed by atoms with van der Waals surface area (Å²) in [6.45, 7) is 5.89. The van der Waals surface area contributed by atoms with Gasteiger partial charge in [0, 0.05) is 0 Å². The lowest BCUT2D eigenvalue weighted by Crippen LogP contribution is -1.85. The van der Waals surface area contributed by atoms with Gasteiger partial charge in [0.2, 0.25) is 0 Å².